The number of halogens is 3. The van der Waals surface area contributed by atoms with Gasteiger partial charge in [0.15, 0.2) is 11.6 Å². The van der Waals surface area contributed by atoms with Crippen molar-refractivity contribution in [2.24, 2.45) is 5.92 Å². The van der Waals surface area contributed by atoms with Crippen molar-refractivity contribution in [3.63, 3.8) is 0 Å². The average Bonchev–Trinajstić information content (AvgIpc) is 2.76. The summed E-state index contributed by atoms with van der Waals surface area (Å²) in [5.41, 5.74) is 3.13. The van der Waals surface area contributed by atoms with Crippen LogP contribution < -0.4 is 0 Å². The molecule has 0 saturated heterocycles. The smallest absolute Gasteiger partial charge is 0.167 e. The summed E-state index contributed by atoms with van der Waals surface area (Å²) < 4.78 is 43.9. The fourth-order valence-electron chi connectivity index (χ4n) is 4.53. The van der Waals surface area contributed by atoms with Crippen molar-refractivity contribution >= 4 is 0 Å². The van der Waals surface area contributed by atoms with Crippen molar-refractivity contribution in [1.29, 1.82) is 0 Å². The van der Waals surface area contributed by atoms with Gasteiger partial charge in [0, 0.05) is 11.1 Å². The molecule has 1 aliphatic carbocycles. The fraction of sp³-hybridized carbons (Fsp3) is 0.333. The van der Waals surface area contributed by atoms with Gasteiger partial charge in [0.25, 0.3) is 0 Å². The second kappa shape index (κ2) is 8.67. The van der Waals surface area contributed by atoms with Gasteiger partial charge in [0.1, 0.15) is 5.82 Å². The van der Waals surface area contributed by atoms with Crippen molar-refractivity contribution in [2.75, 3.05) is 0 Å². The zero-order valence-corrected chi connectivity index (χ0v) is 17.5. The Kier molecular flexibility index (Phi) is 5.99. The van der Waals surface area contributed by atoms with Gasteiger partial charge in [-0.05, 0) is 59.4 Å². The monoisotopic (exact) mass is 408 g/mol. The third kappa shape index (κ3) is 4.03. The molecule has 0 unspecified atom stereocenters. The van der Waals surface area contributed by atoms with Crippen LogP contribution in [0.15, 0.2) is 54.6 Å². The first kappa shape index (κ1) is 20.7. The lowest BCUT2D eigenvalue weighted by atomic mass is 9.79. The molecular weight excluding hydrogens is 381 g/mol. The summed E-state index contributed by atoms with van der Waals surface area (Å²) in [5, 5.41) is 0. The molecule has 0 atom stereocenters. The van der Waals surface area contributed by atoms with Crippen molar-refractivity contribution in [3.8, 4) is 22.3 Å². The molecule has 4 rings (SSSR count). The zero-order valence-electron chi connectivity index (χ0n) is 17.5. The summed E-state index contributed by atoms with van der Waals surface area (Å²) in [6.45, 7) is 4.15. The molecule has 0 aromatic heterocycles. The highest BCUT2D eigenvalue weighted by Gasteiger charge is 2.20. The van der Waals surface area contributed by atoms with Crippen LogP contribution in [0.1, 0.15) is 56.6 Å². The molecule has 1 fully saturated rings. The molecule has 0 heterocycles. The average molecular weight is 409 g/mol. The Morgan fingerprint density at radius 3 is 1.87 bits per heavy atom. The molecule has 1 aliphatic rings. The number of aryl methyl sites for hydroxylation is 1. The summed E-state index contributed by atoms with van der Waals surface area (Å²) >= 11 is 0. The molecule has 3 aromatic rings. The van der Waals surface area contributed by atoms with Crippen molar-refractivity contribution in [1.82, 2.24) is 0 Å². The Hall–Kier alpha value is -2.55. The van der Waals surface area contributed by atoms with Crippen LogP contribution in [-0.2, 0) is 6.42 Å². The highest BCUT2D eigenvalue weighted by atomic mass is 19.2. The predicted octanol–water partition coefficient (Wildman–Crippen LogP) is 8.29. The van der Waals surface area contributed by atoms with E-state index in [4.69, 9.17) is 0 Å². The van der Waals surface area contributed by atoms with Crippen LogP contribution in [0, 0.1) is 23.4 Å². The summed E-state index contributed by atoms with van der Waals surface area (Å²) in [6.07, 6.45) is 5.41. The topological polar surface area (TPSA) is 0 Å². The van der Waals surface area contributed by atoms with Gasteiger partial charge in [-0.15, -0.1) is 0 Å². The van der Waals surface area contributed by atoms with E-state index in [0.717, 1.165) is 5.92 Å². The summed E-state index contributed by atoms with van der Waals surface area (Å²) in [5.74, 6) is -0.886. The van der Waals surface area contributed by atoms with Crippen LogP contribution in [0.25, 0.3) is 22.3 Å². The molecule has 1 saturated carbocycles. The van der Waals surface area contributed by atoms with Crippen LogP contribution in [0.5, 0.6) is 0 Å². The van der Waals surface area contributed by atoms with E-state index in [2.05, 4.69) is 6.92 Å². The van der Waals surface area contributed by atoms with E-state index in [0.29, 0.717) is 29.0 Å². The van der Waals surface area contributed by atoms with Crippen LogP contribution in [0.4, 0.5) is 13.2 Å². The first-order valence-electron chi connectivity index (χ1n) is 10.8. The van der Waals surface area contributed by atoms with Crippen molar-refractivity contribution in [3.05, 3.63) is 83.2 Å². The van der Waals surface area contributed by atoms with Gasteiger partial charge >= 0.3 is 0 Å². The molecule has 30 heavy (non-hydrogen) atoms. The lowest BCUT2D eigenvalue weighted by Gasteiger charge is -2.26. The minimum absolute atomic E-state index is 0.0748. The van der Waals surface area contributed by atoms with Crippen molar-refractivity contribution in [2.45, 2.75) is 51.9 Å². The number of hydrogen-bond donors (Lipinski definition) is 0. The van der Waals surface area contributed by atoms with Gasteiger partial charge in [-0.1, -0.05) is 75.2 Å². The molecule has 3 aromatic carbocycles. The Morgan fingerprint density at radius 2 is 1.30 bits per heavy atom. The van der Waals surface area contributed by atoms with Gasteiger partial charge in [-0.2, -0.15) is 0 Å². The van der Waals surface area contributed by atoms with E-state index in [9.17, 15) is 13.2 Å². The predicted molar refractivity (Wildman–Crippen MR) is 117 cm³/mol. The van der Waals surface area contributed by atoms with E-state index in [1.807, 2.05) is 31.2 Å². The highest BCUT2D eigenvalue weighted by Crippen LogP contribution is 2.37. The number of hydrogen-bond acceptors (Lipinski definition) is 0. The quantitative estimate of drug-likeness (QED) is 0.407. The summed E-state index contributed by atoms with van der Waals surface area (Å²) in [6, 6.07) is 15.5. The molecule has 0 bridgehead atoms. The first-order chi connectivity index (χ1) is 14.5. The van der Waals surface area contributed by atoms with Crippen LogP contribution in [0.2, 0.25) is 0 Å². The minimum Gasteiger partial charge on any atom is -0.207 e. The normalized spacial score (nSPS) is 19.1. The zero-order chi connectivity index (χ0) is 21.3. The summed E-state index contributed by atoms with van der Waals surface area (Å²) in [4.78, 5) is 0. The van der Waals surface area contributed by atoms with Gasteiger partial charge in [0.2, 0.25) is 0 Å². The SMILES string of the molecule is CCc1ccc(-c2ccc(-c3ccc(C4CCC(C)CC4)cc3)c(F)c2F)cc1F. The molecule has 156 valence electrons. The molecule has 0 amide bonds. The lowest BCUT2D eigenvalue weighted by Crippen LogP contribution is -2.10. The van der Waals surface area contributed by atoms with Gasteiger partial charge < -0.3 is 0 Å². The largest absolute Gasteiger partial charge is 0.207 e. The Labute approximate surface area is 176 Å². The maximum Gasteiger partial charge on any atom is 0.167 e. The molecule has 0 spiro atoms. The maximum atomic E-state index is 14.9. The van der Waals surface area contributed by atoms with E-state index in [1.165, 1.54) is 43.4 Å². The molecule has 0 nitrogen and oxygen atoms in total. The van der Waals surface area contributed by atoms with Crippen LogP contribution in [0.3, 0.4) is 0 Å². The van der Waals surface area contributed by atoms with E-state index >= 15 is 0 Å². The molecule has 0 radical (unpaired) electrons. The van der Waals surface area contributed by atoms with Crippen LogP contribution in [-0.4, -0.2) is 0 Å². The molecule has 0 aliphatic heterocycles. The Bertz CT molecular complexity index is 1030. The first-order valence-corrected chi connectivity index (χ1v) is 10.8. The standard InChI is InChI=1S/C27H27F3/c1-3-18-8-13-22(16-25(18)28)24-15-14-23(26(29)27(24)30)21-11-9-20(10-12-21)19-6-4-17(2)5-7-19/h8-17,19H,3-7H2,1-2H3. The van der Waals surface area contributed by atoms with Gasteiger partial charge in [0.05, 0.1) is 0 Å². The Morgan fingerprint density at radius 1 is 0.733 bits per heavy atom. The second-order valence-electron chi connectivity index (χ2n) is 8.53. The third-order valence-corrected chi connectivity index (χ3v) is 6.54. The maximum absolute atomic E-state index is 14.9. The second-order valence-corrected chi connectivity index (χ2v) is 8.53. The number of benzene rings is 3. The highest BCUT2D eigenvalue weighted by molar-refractivity contribution is 5.72. The minimum atomic E-state index is -0.943. The molecular formula is C27H27F3. The molecule has 3 heteroatoms. The van der Waals surface area contributed by atoms with E-state index in [1.54, 1.807) is 18.2 Å². The third-order valence-electron chi connectivity index (χ3n) is 6.54. The lowest BCUT2D eigenvalue weighted by molar-refractivity contribution is 0.348. The fourth-order valence-corrected chi connectivity index (χ4v) is 4.53. The van der Waals surface area contributed by atoms with Crippen LogP contribution >= 0.6 is 0 Å². The molecule has 0 N–H and O–H groups in total. The van der Waals surface area contributed by atoms with Gasteiger partial charge in [-0.3, -0.25) is 0 Å². The van der Waals surface area contributed by atoms with Gasteiger partial charge in [-0.25, -0.2) is 13.2 Å². The summed E-state index contributed by atoms with van der Waals surface area (Å²) in [7, 11) is 0. The van der Waals surface area contributed by atoms with E-state index < -0.39 is 17.5 Å². The van der Waals surface area contributed by atoms with E-state index in [-0.39, 0.29) is 11.1 Å². The number of rotatable bonds is 4. The Balaban J connectivity index is 1.61. The van der Waals surface area contributed by atoms with Crippen molar-refractivity contribution < 1.29 is 13.2 Å².